The molecule has 14 heavy (non-hydrogen) atoms. The molecule has 0 saturated heterocycles. The number of nitrogens with two attached hydrogens (primary N) is 1. The Balaban J connectivity index is 2.25. The third-order valence-corrected chi connectivity index (χ3v) is 2.24. The molecule has 6 nitrogen and oxygen atoms in total. The molecule has 0 radical (unpaired) electrons. The highest BCUT2D eigenvalue weighted by Gasteiger charge is 2.03. The van der Waals surface area contributed by atoms with Crippen LogP contribution in [0.3, 0.4) is 0 Å². The van der Waals surface area contributed by atoms with E-state index in [1.165, 1.54) is 18.1 Å². The van der Waals surface area contributed by atoms with Crippen molar-refractivity contribution in [2.75, 3.05) is 5.73 Å². The number of H-pyrrole nitrogens is 1. The van der Waals surface area contributed by atoms with Gasteiger partial charge in [0, 0.05) is 6.07 Å². The van der Waals surface area contributed by atoms with E-state index < -0.39 is 0 Å². The van der Waals surface area contributed by atoms with E-state index in [4.69, 9.17) is 5.73 Å². The summed E-state index contributed by atoms with van der Waals surface area (Å²) in [6.45, 7) is 1.79. The highest BCUT2D eigenvalue weighted by molar-refractivity contribution is 7.99. The molecule has 72 valence electrons. The molecule has 2 rings (SSSR count). The highest BCUT2D eigenvalue weighted by Crippen LogP contribution is 2.22. The van der Waals surface area contributed by atoms with Crippen molar-refractivity contribution < 1.29 is 0 Å². The predicted octanol–water partition coefficient (Wildman–Crippen LogP) is 0.637. The molecule has 2 aromatic rings. The number of nitrogen functional groups attached to an aromatic ring is 1. The van der Waals surface area contributed by atoms with Gasteiger partial charge in [-0.25, -0.2) is 15.0 Å². The van der Waals surface area contributed by atoms with E-state index in [-0.39, 0.29) is 0 Å². The van der Waals surface area contributed by atoms with Gasteiger partial charge in [-0.1, -0.05) is 0 Å². The average molecular weight is 208 g/mol. The van der Waals surface area contributed by atoms with E-state index in [0.717, 1.165) is 5.03 Å². The van der Waals surface area contributed by atoms with Crippen molar-refractivity contribution >= 4 is 17.6 Å². The van der Waals surface area contributed by atoms with Crippen LogP contribution in [0.25, 0.3) is 0 Å². The van der Waals surface area contributed by atoms with Gasteiger partial charge < -0.3 is 5.73 Å². The number of nitrogens with one attached hydrogen (secondary N) is 1. The Morgan fingerprint density at radius 3 is 2.93 bits per heavy atom. The van der Waals surface area contributed by atoms with E-state index in [2.05, 4.69) is 25.1 Å². The number of anilines is 1. The Morgan fingerprint density at radius 2 is 2.29 bits per heavy atom. The van der Waals surface area contributed by atoms with Gasteiger partial charge in [0.25, 0.3) is 0 Å². The first-order valence-corrected chi connectivity index (χ1v) is 4.70. The lowest BCUT2D eigenvalue weighted by Gasteiger charge is -1.99. The van der Waals surface area contributed by atoms with Gasteiger partial charge >= 0.3 is 0 Å². The number of aryl methyl sites for hydroxylation is 1. The number of hydrogen-bond donors (Lipinski definition) is 2. The molecule has 0 unspecified atom stereocenters. The van der Waals surface area contributed by atoms with Crippen molar-refractivity contribution in [3.05, 3.63) is 18.2 Å². The molecule has 2 aromatic heterocycles. The van der Waals surface area contributed by atoms with Crippen LogP contribution in [0.1, 0.15) is 5.82 Å². The fourth-order valence-corrected chi connectivity index (χ4v) is 1.71. The molecule has 0 saturated carbocycles. The van der Waals surface area contributed by atoms with Crippen LogP contribution in [0, 0.1) is 6.92 Å². The third kappa shape index (κ3) is 1.99. The number of rotatable bonds is 2. The zero-order chi connectivity index (χ0) is 9.97. The van der Waals surface area contributed by atoms with Gasteiger partial charge in [-0.2, -0.15) is 5.10 Å². The Hall–Kier alpha value is -1.63. The van der Waals surface area contributed by atoms with Crippen LogP contribution < -0.4 is 5.73 Å². The van der Waals surface area contributed by atoms with Crippen molar-refractivity contribution in [1.29, 1.82) is 0 Å². The second kappa shape index (κ2) is 3.62. The van der Waals surface area contributed by atoms with Gasteiger partial charge in [0.2, 0.25) is 0 Å². The standard InChI is InChI=1S/C7H8N6S/c1-4-11-5(8)2-6(12-4)14-7-9-3-10-13-7/h2-3H,1H3,(H2,8,11,12)(H,9,10,13). The first-order valence-electron chi connectivity index (χ1n) is 3.88. The van der Waals surface area contributed by atoms with Gasteiger partial charge in [-0.05, 0) is 18.7 Å². The normalized spacial score (nSPS) is 10.4. The number of hydrogen-bond acceptors (Lipinski definition) is 6. The smallest absolute Gasteiger partial charge is 0.189 e. The molecule has 3 N–H and O–H groups in total. The number of aromatic amines is 1. The summed E-state index contributed by atoms with van der Waals surface area (Å²) in [4.78, 5) is 12.1. The van der Waals surface area contributed by atoms with Crippen molar-refractivity contribution in [3.8, 4) is 0 Å². The minimum absolute atomic E-state index is 0.458. The fourth-order valence-electron chi connectivity index (χ4n) is 0.957. The number of aromatic nitrogens is 5. The summed E-state index contributed by atoms with van der Waals surface area (Å²) >= 11 is 1.36. The molecule has 7 heteroatoms. The summed E-state index contributed by atoms with van der Waals surface area (Å²) in [6.07, 6.45) is 1.44. The average Bonchev–Trinajstić information content (AvgIpc) is 2.54. The van der Waals surface area contributed by atoms with Crippen LogP contribution in [-0.4, -0.2) is 25.1 Å². The zero-order valence-electron chi connectivity index (χ0n) is 7.43. The van der Waals surface area contributed by atoms with Crippen LogP contribution in [0.4, 0.5) is 5.82 Å². The van der Waals surface area contributed by atoms with E-state index in [1.807, 2.05) is 0 Å². The van der Waals surface area contributed by atoms with E-state index >= 15 is 0 Å². The molecule has 0 fully saturated rings. The maximum absolute atomic E-state index is 5.58. The highest BCUT2D eigenvalue weighted by atomic mass is 32.2. The summed E-state index contributed by atoms with van der Waals surface area (Å²) < 4.78 is 0. The molecule has 2 heterocycles. The van der Waals surface area contributed by atoms with Gasteiger partial charge in [0.1, 0.15) is 23.0 Å². The molecule has 0 aromatic carbocycles. The lowest BCUT2D eigenvalue weighted by atomic mass is 10.5. The SMILES string of the molecule is Cc1nc(N)cc(Sc2ncn[nH]2)n1. The number of nitrogens with zero attached hydrogens (tertiary/aromatic N) is 4. The van der Waals surface area contributed by atoms with Gasteiger partial charge in [-0.3, -0.25) is 5.10 Å². The summed E-state index contributed by atoms with van der Waals surface area (Å²) in [5.74, 6) is 1.10. The third-order valence-electron chi connectivity index (χ3n) is 1.43. The van der Waals surface area contributed by atoms with Crippen molar-refractivity contribution in [1.82, 2.24) is 25.1 Å². The van der Waals surface area contributed by atoms with Gasteiger partial charge in [0.05, 0.1) is 0 Å². The van der Waals surface area contributed by atoms with Gasteiger partial charge in [0.15, 0.2) is 5.16 Å². The quantitative estimate of drug-likeness (QED) is 0.703. The molecule has 0 bridgehead atoms. The fraction of sp³-hybridized carbons (Fsp3) is 0.143. The van der Waals surface area contributed by atoms with Gasteiger partial charge in [-0.15, -0.1) is 0 Å². The molecular weight excluding hydrogens is 200 g/mol. The lowest BCUT2D eigenvalue weighted by Crippen LogP contribution is -1.96. The second-order valence-corrected chi connectivity index (χ2v) is 3.58. The molecule has 0 amide bonds. The Bertz CT molecular complexity index is 405. The molecule has 0 atom stereocenters. The van der Waals surface area contributed by atoms with Crippen LogP contribution in [0.5, 0.6) is 0 Å². The molecule has 0 aliphatic heterocycles. The largest absolute Gasteiger partial charge is 0.384 e. The molecular formula is C7H8N6S. The maximum Gasteiger partial charge on any atom is 0.189 e. The van der Waals surface area contributed by atoms with Crippen molar-refractivity contribution in [3.63, 3.8) is 0 Å². The zero-order valence-corrected chi connectivity index (χ0v) is 8.25. The summed E-state index contributed by atoms with van der Waals surface area (Å²) in [7, 11) is 0. The minimum atomic E-state index is 0.458. The predicted molar refractivity (Wildman–Crippen MR) is 51.7 cm³/mol. The van der Waals surface area contributed by atoms with E-state index in [9.17, 15) is 0 Å². The molecule has 0 spiro atoms. The van der Waals surface area contributed by atoms with Crippen molar-refractivity contribution in [2.45, 2.75) is 17.1 Å². The van der Waals surface area contributed by atoms with Crippen LogP contribution in [-0.2, 0) is 0 Å². The van der Waals surface area contributed by atoms with E-state index in [0.29, 0.717) is 16.8 Å². The minimum Gasteiger partial charge on any atom is -0.384 e. The van der Waals surface area contributed by atoms with E-state index in [1.54, 1.807) is 13.0 Å². The summed E-state index contributed by atoms with van der Waals surface area (Å²) in [5, 5.41) is 7.90. The summed E-state index contributed by atoms with van der Waals surface area (Å²) in [6, 6.07) is 1.69. The Kier molecular flexibility index (Phi) is 2.32. The topological polar surface area (TPSA) is 93.4 Å². The van der Waals surface area contributed by atoms with Crippen molar-refractivity contribution in [2.24, 2.45) is 0 Å². The van der Waals surface area contributed by atoms with Crippen LogP contribution in [0.2, 0.25) is 0 Å². The first-order chi connectivity index (χ1) is 6.74. The second-order valence-electron chi connectivity index (χ2n) is 2.57. The Morgan fingerprint density at radius 1 is 1.43 bits per heavy atom. The monoisotopic (exact) mass is 208 g/mol. The molecule has 0 aliphatic carbocycles. The van der Waals surface area contributed by atoms with Crippen LogP contribution in [0.15, 0.2) is 22.6 Å². The molecule has 0 aliphatic rings. The summed E-state index contributed by atoms with van der Waals surface area (Å²) in [5.41, 5.74) is 5.58. The maximum atomic E-state index is 5.58. The Labute approximate surface area is 84.4 Å². The van der Waals surface area contributed by atoms with Crippen LogP contribution >= 0.6 is 11.8 Å². The lowest BCUT2D eigenvalue weighted by molar-refractivity contribution is 0.946. The first kappa shape index (κ1) is 8.95.